The standard InChI is InChI=1S/C14H22N4/c1-3-13-15-7-11-17(13)9-5-6-10-18-12-8-16-14(18)4-2/h7-8,11-12H,3-6,9-10H2,1-2H3. The molecule has 4 nitrogen and oxygen atoms in total. The van der Waals surface area contributed by atoms with Crippen LogP contribution in [0.4, 0.5) is 0 Å². The fraction of sp³-hybridized carbons (Fsp3) is 0.571. The molecular formula is C14H22N4. The summed E-state index contributed by atoms with van der Waals surface area (Å²) in [6.07, 6.45) is 12.3. The minimum atomic E-state index is 1.01. The lowest BCUT2D eigenvalue weighted by Crippen LogP contribution is -2.05. The first-order valence-corrected chi connectivity index (χ1v) is 6.85. The Morgan fingerprint density at radius 1 is 0.833 bits per heavy atom. The highest BCUT2D eigenvalue weighted by Crippen LogP contribution is 2.05. The van der Waals surface area contributed by atoms with E-state index in [0.717, 1.165) is 25.9 Å². The monoisotopic (exact) mass is 246 g/mol. The van der Waals surface area contributed by atoms with Crippen LogP contribution in [0, 0.1) is 0 Å². The highest BCUT2D eigenvalue weighted by molar-refractivity contribution is 4.92. The third kappa shape index (κ3) is 3.00. The molecule has 0 amide bonds. The molecule has 0 aliphatic heterocycles. The van der Waals surface area contributed by atoms with Gasteiger partial charge in [-0.1, -0.05) is 13.8 Å². The lowest BCUT2D eigenvalue weighted by molar-refractivity contribution is 0.533. The van der Waals surface area contributed by atoms with E-state index in [1.165, 1.54) is 24.5 Å². The van der Waals surface area contributed by atoms with Gasteiger partial charge in [-0.05, 0) is 12.8 Å². The van der Waals surface area contributed by atoms with Crippen LogP contribution in [0.1, 0.15) is 38.3 Å². The molecule has 0 atom stereocenters. The second-order valence-corrected chi connectivity index (χ2v) is 4.49. The zero-order chi connectivity index (χ0) is 12.8. The van der Waals surface area contributed by atoms with Gasteiger partial charge in [-0.3, -0.25) is 0 Å². The summed E-state index contributed by atoms with van der Waals surface area (Å²) in [7, 11) is 0. The molecule has 98 valence electrons. The molecule has 18 heavy (non-hydrogen) atoms. The molecule has 0 aromatic carbocycles. The highest BCUT2D eigenvalue weighted by atomic mass is 15.1. The number of hydrogen-bond donors (Lipinski definition) is 0. The van der Waals surface area contributed by atoms with Crippen LogP contribution < -0.4 is 0 Å². The maximum absolute atomic E-state index is 4.34. The van der Waals surface area contributed by atoms with Crippen molar-refractivity contribution in [3.63, 3.8) is 0 Å². The average Bonchev–Trinajstić information content (AvgIpc) is 3.02. The Bertz CT molecular complexity index is 425. The predicted octanol–water partition coefficient (Wildman–Crippen LogP) is 2.68. The summed E-state index contributed by atoms with van der Waals surface area (Å²) in [5.41, 5.74) is 0. The summed E-state index contributed by atoms with van der Waals surface area (Å²) in [5.74, 6) is 2.37. The highest BCUT2D eigenvalue weighted by Gasteiger charge is 2.01. The molecule has 0 unspecified atom stereocenters. The van der Waals surface area contributed by atoms with Gasteiger partial charge in [0.25, 0.3) is 0 Å². The third-order valence-corrected chi connectivity index (χ3v) is 3.28. The summed E-state index contributed by atoms with van der Waals surface area (Å²) >= 11 is 0. The molecule has 4 heteroatoms. The molecule has 0 saturated heterocycles. The van der Waals surface area contributed by atoms with Crippen molar-refractivity contribution in [2.75, 3.05) is 0 Å². The van der Waals surface area contributed by atoms with E-state index >= 15 is 0 Å². The van der Waals surface area contributed by atoms with Gasteiger partial charge in [-0.25, -0.2) is 9.97 Å². The van der Waals surface area contributed by atoms with E-state index in [9.17, 15) is 0 Å². The predicted molar refractivity (Wildman–Crippen MR) is 72.4 cm³/mol. The number of nitrogens with zero attached hydrogens (tertiary/aromatic N) is 4. The fourth-order valence-electron chi connectivity index (χ4n) is 2.28. The van der Waals surface area contributed by atoms with Gasteiger partial charge >= 0.3 is 0 Å². The second-order valence-electron chi connectivity index (χ2n) is 4.49. The van der Waals surface area contributed by atoms with Crippen LogP contribution >= 0.6 is 0 Å². The van der Waals surface area contributed by atoms with E-state index in [-0.39, 0.29) is 0 Å². The number of aryl methyl sites for hydroxylation is 4. The molecule has 0 saturated carbocycles. The number of rotatable bonds is 7. The molecule has 0 radical (unpaired) electrons. The zero-order valence-corrected chi connectivity index (χ0v) is 11.3. The van der Waals surface area contributed by atoms with Gasteiger partial charge in [0.2, 0.25) is 0 Å². The van der Waals surface area contributed by atoms with E-state index in [0.29, 0.717) is 0 Å². The van der Waals surface area contributed by atoms with Crippen LogP contribution in [-0.2, 0) is 25.9 Å². The summed E-state index contributed by atoms with van der Waals surface area (Å²) in [5, 5.41) is 0. The molecule has 2 aromatic heterocycles. The maximum atomic E-state index is 4.34. The van der Waals surface area contributed by atoms with Crippen LogP contribution in [-0.4, -0.2) is 19.1 Å². The minimum absolute atomic E-state index is 1.01. The Kier molecular flexibility index (Phi) is 4.56. The lowest BCUT2D eigenvalue weighted by atomic mass is 10.3. The van der Waals surface area contributed by atoms with Crippen molar-refractivity contribution < 1.29 is 0 Å². The number of aromatic nitrogens is 4. The van der Waals surface area contributed by atoms with Crippen molar-refractivity contribution in [2.45, 2.75) is 52.6 Å². The second kappa shape index (κ2) is 6.38. The minimum Gasteiger partial charge on any atom is -0.335 e. The van der Waals surface area contributed by atoms with E-state index in [2.05, 4.69) is 45.3 Å². The van der Waals surface area contributed by atoms with Gasteiger partial charge in [0.1, 0.15) is 11.6 Å². The zero-order valence-electron chi connectivity index (χ0n) is 11.3. The van der Waals surface area contributed by atoms with Gasteiger partial charge in [0, 0.05) is 50.7 Å². The first kappa shape index (κ1) is 12.9. The molecule has 0 aliphatic carbocycles. The molecule has 2 aromatic rings. The molecule has 0 bridgehead atoms. The van der Waals surface area contributed by atoms with Gasteiger partial charge in [-0.15, -0.1) is 0 Å². The van der Waals surface area contributed by atoms with E-state index in [4.69, 9.17) is 0 Å². The smallest absolute Gasteiger partial charge is 0.108 e. The summed E-state index contributed by atoms with van der Waals surface area (Å²) in [6.45, 7) is 6.44. The maximum Gasteiger partial charge on any atom is 0.108 e. The van der Waals surface area contributed by atoms with Crippen molar-refractivity contribution in [3.05, 3.63) is 36.4 Å². The van der Waals surface area contributed by atoms with Crippen molar-refractivity contribution >= 4 is 0 Å². The van der Waals surface area contributed by atoms with Gasteiger partial charge < -0.3 is 9.13 Å². The largest absolute Gasteiger partial charge is 0.335 e. The summed E-state index contributed by atoms with van der Waals surface area (Å²) < 4.78 is 4.52. The molecule has 2 heterocycles. The SMILES string of the molecule is CCc1nccn1CCCCn1ccnc1CC. The normalized spacial score (nSPS) is 11.0. The molecular weight excluding hydrogens is 224 g/mol. The van der Waals surface area contributed by atoms with E-state index in [1.54, 1.807) is 0 Å². The summed E-state index contributed by atoms with van der Waals surface area (Å²) in [4.78, 5) is 8.68. The number of hydrogen-bond acceptors (Lipinski definition) is 2. The van der Waals surface area contributed by atoms with Crippen LogP contribution in [0.25, 0.3) is 0 Å². The lowest BCUT2D eigenvalue weighted by Gasteiger charge is -2.08. The molecule has 0 fully saturated rings. The Morgan fingerprint density at radius 2 is 1.28 bits per heavy atom. The Hall–Kier alpha value is -1.58. The molecule has 0 spiro atoms. The quantitative estimate of drug-likeness (QED) is 0.704. The Morgan fingerprint density at radius 3 is 1.67 bits per heavy atom. The van der Waals surface area contributed by atoms with Crippen molar-refractivity contribution in [1.29, 1.82) is 0 Å². The molecule has 0 aliphatic rings. The Labute approximate surface area is 109 Å². The fourth-order valence-corrected chi connectivity index (χ4v) is 2.28. The Balaban J connectivity index is 1.76. The van der Waals surface area contributed by atoms with Gasteiger partial charge in [0.15, 0.2) is 0 Å². The van der Waals surface area contributed by atoms with Crippen molar-refractivity contribution in [3.8, 4) is 0 Å². The van der Waals surface area contributed by atoms with Gasteiger partial charge in [0.05, 0.1) is 0 Å². The van der Waals surface area contributed by atoms with Crippen LogP contribution in [0.2, 0.25) is 0 Å². The average molecular weight is 246 g/mol. The van der Waals surface area contributed by atoms with Crippen LogP contribution in [0.5, 0.6) is 0 Å². The van der Waals surface area contributed by atoms with Crippen molar-refractivity contribution in [2.24, 2.45) is 0 Å². The van der Waals surface area contributed by atoms with Crippen LogP contribution in [0.15, 0.2) is 24.8 Å². The van der Waals surface area contributed by atoms with Crippen LogP contribution in [0.3, 0.4) is 0 Å². The van der Waals surface area contributed by atoms with E-state index < -0.39 is 0 Å². The van der Waals surface area contributed by atoms with Gasteiger partial charge in [-0.2, -0.15) is 0 Å². The first-order chi connectivity index (χ1) is 8.85. The topological polar surface area (TPSA) is 35.6 Å². The first-order valence-electron chi connectivity index (χ1n) is 6.85. The summed E-state index contributed by atoms with van der Waals surface area (Å²) in [6, 6.07) is 0. The number of imidazole rings is 2. The van der Waals surface area contributed by atoms with E-state index in [1.807, 2.05) is 12.4 Å². The third-order valence-electron chi connectivity index (χ3n) is 3.28. The molecule has 2 rings (SSSR count). The number of unbranched alkanes of at least 4 members (excludes halogenated alkanes) is 1. The molecule has 0 N–H and O–H groups in total. The van der Waals surface area contributed by atoms with Crippen molar-refractivity contribution in [1.82, 2.24) is 19.1 Å².